The van der Waals surface area contributed by atoms with E-state index in [1.807, 2.05) is 58.3 Å². The summed E-state index contributed by atoms with van der Waals surface area (Å²) >= 11 is 0. The maximum Gasteiger partial charge on any atom is 0.253 e. The summed E-state index contributed by atoms with van der Waals surface area (Å²) in [7, 11) is 1.60. The smallest absolute Gasteiger partial charge is 0.253 e. The van der Waals surface area contributed by atoms with Crippen LogP contribution in [-0.4, -0.2) is 47.5 Å². The fourth-order valence-corrected chi connectivity index (χ4v) is 3.70. The van der Waals surface area contributed by atoms with Crippen LogP contribution in [0, 0.1) is 0 Å². The molecule has 6 heteroatoms. The summed E-state index contributed by atoms with van der Waals surface area (Å²) < 4.78 is 7.14. The molecule has 0 saturated carbocycles. The summed E-state index contributed by atoms with van der Waals surface area (Å²) in [5, 5.41) is 3.10. The van der Waals surface area contributed by atoms with Gasteiger partial charge in [0, 0.05) is 48.3 Å². The van der Waals surface area contributed by atoms with E-state index in [9.17, 15) is 9.59 Å². The highest BCUT2D eigenvalue weighted by atomic mass is 16.5. The number of carbonyl (C=O) groups is 2. The molecule has 0 spiro atoms. The molecule has 1 fully saturated rings. The predicted octanol–water partition coefficient (Wildman–Crippen LogP) is 3.52. The minimum absolute atomic E-state index is 0.0167. The highest BCUT2D eigenvalue weighted by molar-refractivity contribution is 5.95. The molecule has 1 N–H and O–H groups in total. The monoisotopic (exact) mass is 403 g/mol. The molecule has 0 aliphatic carbocycles. The summed E-state index contributed by atoms with van der Waals surface area (Å²) in [5.74, 6) is 0.673. The average Bonchev–Trinajstić information content (AvgIpc) is 3.34. The third-order valence-corrected chi connectivity index (χ3v) is 5.49. The summed E-state index contributed by atoms with van der Waals surface area (Å²) in [4.78, 5) is 27.1. The maximum absolute atomic E-state index is 12.7. The molecule has 2 aromatic carbocycles. The van der Waals surface area contributed by atoms with Gasteiger partial charge in [0.2, 0.25) is 0 Å². The number of piperidine rings is 1. The van der Waals surface area contributed by atoms with E-state index >= 15 is 0 Å². The van der Waals surface area contributed by atoms with Gasteiger partial charge in [-0.1, -0.05) is 0 Å². The highest BCUT2D eigenvalue weighted by Crippen LogP contribution is 2.17. The van der Waals surface area contributed by atoms with E-state index in [4.69, 9.17) is 4.74 Å². The Balaban J connectivity index is 1.29. The Hall–Kier alpha value is -3.54. The Morgan fingerprint density at radius 1 is 0.900 bits per heavy atom. The molecular weight excluding hydrogens is 378 g/mol. The lowest BCUT2D eigenvalue weighted by atomic mass is 10.0. The van der Waals surface area contributed by atoms with Crippen molar-refractivity contribution >= 4 is 11.8 Å². The van der Waals surface area contributed by atoms with Gasteiger partial charge in [0.05, 0.1) is 7.11 Å². The molecule has 4 rings (SSSR count). The van der Waals surface area contributed by atoms with E-state index in [1.165, 1.54) is 0 Å². The molecule has 1 aromatic heterocycles. The quantitative estimate of drug-likeness (QED) is 0.709. The predicted molar refractivity (Wildman–Crippen MR) is 115 cm³/mol. The van der Waals surface area contributed by atoms with Crippen molar-refractivity contribution in [1.29, 1.82) is 0 Å². The van der Waals surface area contributed by atoms with Crippen LogP contribution in [0.2, 0.25) is 0 Å². The number of ether oxygens (including phenoxy) is 1. The zero-order valence-corrected chi connectivity index (χ0v) is 17.0. The molecule has 6 nitrogen and oxygen atoms in total. The van der Waals surface area contributed by atoms with Gasteiger partial charge in [-0.25, -0.2) is 0 Å². The number of amides is 2. The SMILES string of the molecule is COc1ccc(C(=O)N2CCC(NC(=O)c3ccc(-n4cccc4)cc3)CC2)cc1. The molecule has 0 radical (unpaired) electrons. The topological polar surface area (TPSA) is 63.6 Å². The van der Waals surface area contributed by atoms with Crippen LogP contribution in [0.25, 0.3) is 5.69 Å². The third kappa shape index (κ3) is 4.38. The Labute approximate surface area is 176 Å². The molecule has 1 aliphatic heterocycles. The van der Waals surface area contributed by atoms with Crippen molar-refractivity contribution in [1.82, 2.24) is 14.8 Å². The average molecular weight is 403 g/mol. The van der Waals surface area contributed by atoms with Crippen LogP contribution >= 0.6 is 0 Å². The fraction of sp³-hybridized carbons (Fsp3) is 0.250. The van der Waals surface area contributed by atoms with E-state index in [-0.39, 0.29) is 17.9 Å². The number of hydrogen-bond acceptors (Lipinski definition) is 3. The summed E-state index contributed by atoms with van der Waals surface area (Å²) in [5.41, 5.74) is 2.31. The summed E-state index contributed by atoms with van der Waals surface area (Å²) in [6, 6.07) is 18.7. The Morgan fingerprint density at radius 3 is 2.10 bits per heavy atom. The second-order valence-corrected chi connectivity index (χ2v) is 7.41. The van der Waals surface area contributed by atoms with E-state index in [0.29, 0.717) is 24.2 Å². The van der Waals surface area contributed by atoms with Gasteiger partial charge >= 0.3 is 0 Å². The minimum Gasteiger partial charge on any atom is -0.497 e. The van der Waals surface area contributed by atoms with Crippen LogP contribution in [0.4, 0.5) is 0 Å². The lowest BCUT2D eigenvalue weighted by Crippen LogP contribution is -2.46. The first-order chi connectivity index (χ1) is 14.6. The van der Waals surface area contributed by atoms with Crippen LogP contribution in [0.1, 0.15) is 33.6 Å². The number of likely N-dealkylation sites (tertiary alicyclic amines) is 1. The van der Waals surface area contributed by atoms with Crippen LogP contribution in [0.3, 0.4) is 0 Å². The fourth-order valence-electron chi connectivity index (χ4n) is 3.70. The van der Waals surface area contributed by atoms with Crippen molar-refractivity contribution in [3.05, 3.63) is 84.2 Å². The number of methoxy groups -OCH3 is 1. The second kappa shape index (κ2) is 8.86. The molecule has 154 valence electrons. The molecule has 1 saturated heterocycles. The maximum atomic E-state index is 12.7. The number of carbonyl (C=O) groups excluding carboxylic acids is 2. The molecule has 1 aliphatic rings. The molecule has 30 heavy (non-hydrogen) atoms. The summed E-state index contributed by atoms with van der Waals surface area (Å²) in [6.45, 7) is 1.25. The van der Waals surface area contributed by atoms with Crippen LogP contribution in [0.15, 0.2) is 73.1 Å². The molecule has 3 aromatic rings. The van der Waals surface area contributed by atoms with Crippen LogP contribution in [-0.2, 0) is 0 Å². The van der Waals surface area contributed by atoms with E-state index in [1.54, 1.807) is 31.4 Å². The van der Waals surface area contributed by atoms with Gasteiger partial charge in [0.25, 0.3) is 11.8 Å². The van der Waals surface area contributed by atoms with Gasteiger partial charge in [-0.2, -0.15) is 0 Å². The van der Waals surface area contributed by atoms with Crippen molar-refractivity contribution < 1.29 is 14.3 Å². The first kappa shape index (κ1) is 19.8. The van der Waals surface area contributed by atoms with Gasteiger partial charge in [0.15, 0.2) is 0 Å². The first-order valence-corrected chi connectivity index (χ1v) is 10.1. The normalized spacial score (nSPS) is 14.4. The Kier molecular flexibility index (Phi) is 5.84. The Morgan fingerprint density at radius 2 is 1.50 bits per heavy atom. The van der Waals surface area contributed by atoms with E-state index < -0.39 is 0 Å². The molecular formula is C24H25N3O3. The molecule has 2 heterocycles. The first-order valence-electron chi connectivity index (χ1n) is 10.1. The van der Waals surface area contributed by atoms with Crippen molar-refractivity contribution in [2.24, 2.45) is 0 Å². The van der Waals surface area contributed by atoms with E-state index in [2.05, 4.69) is 5.32 Å². The number of nitrogens with zero attached hydrogens (tertiary/aromatic N) is 2. The van der Waals surface area contributed by atoms with Crippen LogP contribution in [0.5, 0.6) is 5.75 Å². The lowest BCUT2D eigenvalue weighted by molar-refractivity contribution is 0.0698. The third-order valence-electron chi connectivity index (χ3n) is 5.49. The lowest BCUT2D eigenvalue weighted by Gasteiger charge is -2.32. The van der Waals surface area contributed by atoms with Crippen molar-refractivity contribution in [3.8, 4) is 11.4 Å². The van der Waals surface area contributed by atoms with Gasteiger partial charge in [-0.15, -0.1) is 0 Å². The van der Waals surface area contributed by atoms with Crippen molar-refractivity contribution in [3.63, 3.8) is 0 Å². The number of benzene rings is 2. The molecule has 2 amide bonds. The number of rotatable bonds is 5. The highest BCUT2D eigenvalue weighted by Gasteiger charge is 2.25. The van der Waals surface area contributed by atoms with Crippen molar-refractivity contribution in [2.45, 2.75) is 18.9 Å². The van der Waals surface area contributed by atoms with Gasteiger partial charge in [0.1, 0.15) is 5.75 Å². The number of aromatic nitrogens is 1. The second-order valence-electron chi connectivity index (χ2n) is 7.41. The zero-order chi connectivity index (χ0) is 20.9. The van der Waals surface area contributed by atoms with Gasteiger partial charge in [-0.3, -0.25) is 9.59 Å². The largest absolute Gasteiger partial charge is 0.497 e. The van der Waals surface area contributed by atoms with Crippen LogP contribution < -0.4 is 10.1 Å². The van der Waals surface area contributed by atoms with Gasteiger partial charge in [-0.05, 0) is 73.5 Å². The van der Waals surface area contributed by atoms with Gasteiger partial charge < -0.3 is 19.5 Å². The molecule has 0 unspecified atom stereocenters. The van der Waals surface area contributed by atoms with E-state index in [0.717, 1.165) is 24.3 Å². The standard InChI is InChI=1S/C24H25N3O3/c1-30-22-10-6-19(7-11-22)24(29)27-16-12-20(13-17-27)25-23(28)18-4-8-21(9-5-18)26-14-2-3-15-26/h2-11,14-15,20H,12-13,16-17H2,1H3,(H,25,28). The molecule has 0 bridgehead atoms. The number of nitrogens with one attached hydrogen (secondary N) is 1. The summed E-state index contributed by atoms with van der Waals surface area (Å²) in [6.07, 6.45) is 5.43. The number of hydrogen-bond donors (Lipinski definition) is 1. The minimum atomic E-state index is -0.0750. The van der Waals surface area contributed by atoms with Crippen molar-refractivity contribution in [2.75, 3.05) is 20.2 Å². The molecule has 0 atom stereocenters. The Bertz CT molecular complexity index is 987. The zero-order valence-electron chi connectivity index (χ0n) is 17.0.